The van der Waals surface area contributed by atoms with E-state index in [-0.39, 0.29) is 0 Å². The molecular weight excluding hydrogens is 250 g/mol. The van der Waals surface area contributed by atoms with Crippen LogP contribution in [0.15, 0.2) is 24.3 Å². The summed E-state index contributed by atoms with van der Waals surface area (Å²) >= 11 is 0. The van der Waals surface area contributed by atoms with Crippen molar-refractivity contribution in [3.05, 3.63) is 35.4 Å². The van der Waals surface area contributed by atoms with Crippen LogP contribution in [0.4, 0.5) is 0 Å². The molecule has 4 heteroatoms. The Labute approximate surface area is 121 Å². The topological polar surface area (TPSA) is 62.3 Å². The van der Waals surface area contributed by atoms with Gasteiger partial charge in [0.25, 0.3) is 0 Å². The third-order valence-corrected chi connectivity index (χ3v) is 2.82. The zero-order valence-electron chi connectivity index (χ0n) is 11.9. The summed E-state index contributed by atoms with van der Waals surface area (Å²) in [4.78, 5) is 2.21. The van der Waals surface area contributed by atoms with Crippen LogP contribution in [0.1, 0.15) is 17.5 Å². The molecule has 106 valence electrons. The predicted molar refractivity (Wildman–Crippen MR) is 79.8 cm³/mol. The second kappa shape index (κ2) is 10.00. The average Bonchev–Trinajstić information content (AvgIpc) is 2.48. The van der Waals surface area contributed by atoms with Crippen LogP contribution in [-0.2, 0) is 11.3 Å². The first kappa shape index (κ1) is 16.2. The van der Waals surface area contributed by atoms with Gasteiger partial charge in [0.2, 0.25) is 0 Å². The van der Waals surface area contributed by atoms with E-state index >= 15 is 0 Å². The third kappa shape index (κ3) is 6.36. The Morgan fingerprint density at radius 1 is 1.35 bits per heavy atom. The van der Waals surface area contributed by atoms with E-state index in [1.54, 1.807) is 7.11 Å². The molecule has 0 atom stereocenters. The van der Waals surface area contributed by atoms with Crippen molar-refractivity contribution < 1.29 is 4.74 Å². The second-order valence-corrected chi connectivity index (χ2v) is 4.38. The van der Waals surface area contributed by atoms with Crippen LogP contribution in [0.25, 0.3) is 0 Å². The van der Waals surface area contributed by atoms with Crippen LogP contribution < -0.4 is 5.73 Å². The van der Waals surface area contributed by atoms with Gasteiger partial charge in [0.15, 0.2) is 0 Å². The zero-order chi connectivity index (χ0) is 14.6. The predicted octanol–water partition coefficient (Wildman–Crippen LogP) is 1.36. The monoisotopic (exact) mass is 271 g/mol. The van der Waals surface area contributed by atoms with Gasteiger partial charge in [-0.2, -0.15) is 5.26 Å². The molecule has 20 heavy (non-hydrogen) atoms. The fraction of sp³-hybridized carbons (Fsp3) is 0.438. The Bertz CT molecular complexity index is 496. The lowest BCUT2D eigenvalue weighted by molar-refractivity contribution is 0.145. The number of nitrogens with zero attached hydrogens (tertiary/aromatic N) is 2. The van der Waals surface area contributed by atoms with Gasteiger partial charge in [-0.15, -0.1) is 0 Å². The van der Waals surface area contributed by atoms with Gasteiger partial charge >= 0.3 is 0 Å². The van der Waals surface area contributed by atoms with E-state index in [2.05, 4.69) is 34.9 Å². The van der Waals surface area contributed by atoms with Gasteiger partial charge in [-0.05, 0) is 17.7 Å². The second-order valence-electron chi connectivity index (χ2n) is 4.38. The van der Waals surface area contributed by atoms with Crippen molar-refractivity contribution in [3.63, 3.8) is 0 Å². The molecule has 0 aromatic heterocycles. The van der Waals surface area contributed by atoms with Gasteiger partial charge in [0, 0.05) is 38.7 Å². The van der Waals surface area contributed by atoms with Crippen molar-refractivity contribution >= 4 is 0 Å². The minimum Gasteiger partial charge on any atom is -0.383 e. The highest BCUT2D eigenvalue weighted by atomic mass is 16.5. The molecule has 0 spiro atoms. The average molecular weight is 271 g/mol. The minimum atomic E-state index is 0.367. The molecule has 0 unspecified atom stereocenters. The van der Waals surface area contributed by atoms with Crippen LogP contribution in [0.5, 0.6) is 0 Å². The molecule has 0 aliphatic heterocycles. The van der Waals surface area contributed by atoms with Gasteiger partial charge in [0.05, 0.1) is 19.2 Å². The molecular formula is C16H21N3O. The molecule has 2 N–H and O–H groups in total. The molecule has 0 saturated carbocycles. The van der Waals surface area contributed by atoms with Gasteiger partial charge < -0.3 is 10.5 Å². The third-order valence-electron chi connectivity index (χ3n) is 2.82. The Hall–Kier alpha value is -1.85. The highest BCUT2D eigenvalue weighted by Crippen LogP contribution is 2.08. The number of ether oxygens (including phenoxy) is 1. The Balaban J connectivity index is 2.69. The van der Waals surface area contributed by atoms with Crippen molar-refractivity contribution in [1.82, 2.24) is 4.90 Å². The molecule has 0 fully saturated rings. The smallest absolute Gasteiger partial charge is 0.0635 e. The number of methoxy groups -OCH3 is 1. The Morgan fingerprint density at radius 3 is 2.90 bits per heavy atom. The number of hydrogen-bond acceptors (Lipinski definition) is 4. The molecule has 0 heterocycles. The van der Waals surface area contributed by atoms with E-state index in [1.165, 1.54) is 5.56 Å². The van der Waals surface area contributed by atoms with Gasteiger partial charge in [-0.3, -0.25) is 4.90 Å². The largest absolute Gasteiger partial charge is 0.383 e. The fourth-order valence-electron chi connectivity index (χ4n) is 1.86. The van der Waals surface area contributed by atoms with Crippen LogP contribution in [0, 0.1) is 23.2 Å². The van der Waals surface area contributed by atoms with E-state index in [1.807, 2.05) is 12.1 Å². The minimum absolute atomic E-state index is 0.367. The number of nitriles is 1. The lowest BCUT2D eigenvalue weighted by Gasteiger charge is -2.20. The van der Waals surface area contributed by atoms with Crippen LogP contribution in [0.2, 0.25) is 0 Å². The zero-order valence-corrected chi connectivity index (χ0v) is 11.9. The van der Waals surface area contributed by atoms with Gasteiger partial charge in [-0.25, -0.2) is 0 Å². The number of hydrogen-bond donors (Lipinski definition) is 1. The van der Waals surface area contributed by atoms with Crippen molar-refractivity contribution in [2.24, 2.45) is 5.73 Å². The highest BCUT2D eigenvalue weighted by molar-refractivity contribution is 5.37. The Kier molecular flexibility index (Phi) is 8.10. The standard InChI is InChI=1S/C16H21N3O/c1-20-12-11-19(10-4-9-18)14-16-6-2-5-15(13-16)7-3-8-17/h2,5-6,13H,4,8,10-12,14,17H2,1H3. The van der Waals surface area contributed by atoms with E-state index in [4.69, 9.17) is 15.7 Å². The fourth-order valence-corrected chi connectivity index (χ4v) is 1.86. The molecule has 1 rings (SSSR count). The van der Waals surface area contributed by atoms with Gasteiger partial charge in [-0.1, -0.05) is 24.0 Å². The highest BCUT2D eigenvalue weighted by Gasteiger charge is 2.05. The molecule has 1 aromatic carbocycles. The SMILES string of the molecule is COCCN(CCC#N)Cc1cccc(C#CCN)c1. The van der Waals surface area contributed by atoms with Crippen molar-refractivity contribution in [1.29, 1.82) is 5.26 Å². The number of nitrogens with two attached hydrogens (primary N) is 1. The van der Waals surface area contributed by atoms with Crippen LogP contribution >= 0.6 is 0 Å². The van der Waals surface area contributed by atoms with E-state index in [0.29, 0.717) is 19.6 Å². The lowest BCUT2D eigenvalue weighted by Crippen LogP contribution is -2.28. The summed E-state index contributed by atoms with van der Waals surface area (Å²) in [6.45, 7) is 3.39. The normalized spacial score (nSPS) is 9.90. The van der Waals surface area contributed by atoms with E-state index in [0.717, 1.165) is 25.2 Å². The lowest BCUT2D eigenvalue weighted by atomic mass is 10.1. The molecule has 0 bridgehead atoms. The molecule has 4 nitrogen and oxygen atoms in total. The Morgan fingerprint density at radius 2 is 2.20 bits per heavy atom. The molecule has 0 radical (unpaired) electrons. The number of rotatable bonds is 7. The summed E-state index contributed by atoms with van der Waals surface area (Å²) in [6.07, 6.45) is 0.524. The number of benzene rings is 1. The van der Waals surface area contributed by atoms with Crippen LogP contribution in [0.3, 0.4) is 0 Å². The maximum Gasteiger partial charge on any atom is 0.0635 e. The summed E-state index contributed by atoms with van der Waals surface area (Å²) < 4.78 is 5.11. The molecule has 0 aliphatic carbocycles. The summed E-state index contributed by atoms with van der Waals surface area (Å²) in [5, 5.41) is 8.71. The first-order valence-corrected chi connectivity index (χ1v) is 6.66. The van der Waals surface area contributed by atoms with Crippen molar-refractivity contribution in [2.75, 3.05) is 33.4 Å². The maximum absolute atomic E-state index is 8.71. The summed E-state index contributed by atoms with van der Waals surface area (Å²) in [5.74, 6) is 5.89. The first-order chi connectivity index (χ1) is 9.80. The molecule has 0 saturated heterocycles. The van der Waals surface area contributed by atoms with E-state index in [9.17, 15) is 0 Å². The summed E-state index contributed by atoms with van der Waals surface area (Å²) in [6, 6.07) is 10.3. The van der Waals surface area contributed by atoms with Crippen molar-refractivity contribution in [2.45, 2.75) is 13.0 Å². The van der Waals surface area contributed by atoms with Crippen molar-refractivity contribution in [3.8, 4) is 17.9 Å². The maximum atomic E-state index is 8.71. The van der Waals surface area contributed by atoms with Gasteiger partial charge in [0.1, 0.15) is 0 Å². The molecule has 1 aromatic rings. The quantitative estimate of drug-likeness (QED) is 0.761. The summed E-state index contributed by atoms with van der Waals surface area (Å²) in [5.41, 5.74) is 7.53. The first-order valence-electron chi connectivity index (χ1n) is 6.66. The van der Waals surface area contributed by atoms with Crippen LogP contribution in [-0.4, -0.2) is 38.3 Å². The molecule has 0 amide bonds. The van der Waals surface area contributed by atoms with E-state index < -0.39 is 0 Å². The summed E-state index contributed by atoms with van der Waals surface area (Å²) in [7, 11) is 1.69. The molecule has 0 aliphatic rings.